The molecule has 0 aliphatic heterocycles. The van der Waals surface area contributed by atoms with Gasteiger partial charge in [0.25, 0.3) is 0 Å². The van der Waals surface area contributed by atoms with Gasteiger partial charge in [-0.05, 0) is 18.2 Å². The van der Waals surface area contributed by atoms with E-state index < -0.39 is 10.0 Å². The summed E-state index contributed by atoms with van der Waals surface area (Å²) in [4.78, 5) is 0. The molecule has 1 aromatic rings. The highest BCUT2D eigenvalue weighted by atomic mass is 32.2. The van der Waals surface area contributed by atoms with Crippen molar-refractivity contribution in [1.29, 1.82) is 0 Å². The van der Waals surface area contributed by atoms with Crippen molar-refractivity contribution in [3.05, 3.63) is 18.2 Å². The third-order valence-electron chi connectivity index (χ3n) is 2.33. The van der Waals surface area contributed by atoms with Crippen molar-refractivity contribution >= 4 is 27.1 Å². The van der Waals surface area contributed by atoms with Crippen molar-refractivity contribution < 1.29 is 8.42 Å². The number of sulfonamides is 1. The zero-order valence-corrected chi connectivity index (χ0v) is 10.8. The number of hydrogen-bond donors (Lipinski definition) is 3. The van der Waals surface area contributed by atoms with Crippen LogP contribution < -0.4 is 16.8 Å². The largest absolute Gasteiger partial charge is 0.397 e. The van der Waals surface area contributed by atoms with Gasteiger partial charge in [-0.15, -0.1) is 0 Å². The molecular formula is C10H18N4O2S. The summed E-state index contributed by atoms with van der Waals surface area (Å²) in [5.74, 6) is 0.0320. The molecule has 5 N–H and O–H groups in total. The predicted molar refractivity (Wildman–Crippen MR) is 71.2 cm³/mol. The molecule has 0 amide bonds. The molecule has 0 aliphatic carbocycles. The average molecular weight is 258 g/mol. The van der Waals surface area contributed by atoms with Gasteiger partial charge in [0.2, 0.25) is 10.0 Å². The van der Waals surface area contributed by atoms with Crippen LogP contribution in [0.15, 0.2) is 18.2 Å². The van der Waals surface area contributed by atoms with Crippen LogP contribution >= 0.6 is 0 Å². The highest BCUT2D eigenvalue weighted by Gasteiger charge is 2.12. The van der Waals surface area contributed by atoms with Gasteiger partial charge in [0.05, 0.1) is 17.1 Å². The molecule has 0 saturated heterocycles. The molecule has 0 spiro atoms. The van der Waals surface area contributed by atoms with Gasteiger partial charge in [0.1, 0.15) is 0 Å². The first-order valence-electron chi connectivity index (χ1n) is 5.12. The summed E-state index contributed by atoms with van der Waals surface area (Å²) < 4.78 is 24.2. The third-order valence-corrected chi connectivity index (χ3v) is 4.16. The van der Waals surface area contributed by atoms with Crippen LogP contribution in [0.5, 0.6) is 0 Å². The minimum atomic E-state index is -3.17. The standard InChI is InChI=1S/C10H18N4O2S/c1-14(2)17(15,16)6-5-13-8-3-4-9(11)10(12)7-8/h3-4,7,13H,5-6,11-12H2,1-2H3. The van der Waals surface area contributed by atoms with Gasteiger partial charge in [-0.3, -0.25) is 0 Å². The van der Waals surface area contributed by atoms with Gasteiger partial charge < -0.3 is 16.8 Å². The number of rotatable bonds is 5. The molecule has 0 unspecified atom stereocenters. The lowest BCUT2D eigenvalue weighted by Gasteiger charge is -2.12. The third kappa shape index (κ3) is 3.79. The van der Waals surface area contributed by atoms with Gasteiger partial charge in [0, 0.05) is 26.3 Å². The topological polar surface area (TPSA) is 101 Å². The van der Waals surface area contributed by atoms with Gasteiger partial charge in [-0.1, -0.05) is 0 Å². The van der Waals surface area contributed by atoms with E-state index in [1.807, 2.05) is 0 Å². The number of benzene rings is 1. The number of nitrogens with two attached hydrogens (primary N) is 2. The lowest BCUT2D eigenvalue weighted by molar-refractivity contribution is 0.521. The summed E-state index contributed by atoms with van der Waals surface area (Å²) in [5.41, 5.74) is 12.9. The Labute approximate surface area is 102 Å². The average Bonchev–Trinajstić information content (AvgIpc) is 2.23. The van der Waals surface area contributed by atoms with E-state index in [1.165, 1.54) is 18.4 Å². The summed E-state index contributed by atoms with van der Waals surface area (Å²) in [6.07, 6.45) is 0. The Morgan fingerprint density at radius 3 is 2.41 bits per heavy atom. The summed E-state index contributed by atoms with van der Waals surface area (Å²) >= 11 is 0. The molecule has 6 nitrogen and oxygen atoms in total. The maximum atomic E-state index is 11.5. The molecule has 0 aliphatic rings. The van der Waals surface area contributed by atoms with E-state index in [0.29, 0.717) is 17.9 Å². The maximum Gasteiger partial charge on any atom is 0.215 e. The highest BCUT2D eigenvalue weighted by molar-refractivity contribution is 7.89. The molecule has 1 aromatic carbocycles. The number of nitrogens with zero attached hydrogens (tertiary/aromatic N) is 1. The van der Waals surface area contributed by atoms with Crippen LogP contribution in [0.2, 0.25) is 0 Å². The monoisotopic (exact) mass is 258 g/mol. The minimum absolute atomic E-state index is 0.0320. The molecular weight excluding hydrogens is 240 g/mol. The zero-order chi connectivity index (χ0) is 13.1. The van der Waals surface area contributed by atoms with Gasteiger partial charge >= 0.3 is 0 Å². The zero-order valence-electron chi connectivity index (χ0n) is 9.97. The van der Waals surface area contributed by atoms with Crippen molar-refractivity contribution in [2.75, 3.05) is 43.2 Å². The van der Waals surface area contributed by atoms with E-state index in [-0.39, 0.29) is 5.75 Å². The van der Waals surface area contributed by atoms with Crippen molar-refractivity contribution in [3.63, 3.8) is 0 Å². The lowest BCUT2D eigenvalue weighted by atomic mass is 10.2. The number of anilines is 3. The van der Waals surface area contributed by atoms with Crippen LogP contribution in [0.4, 0.5) is 17.1 Å². The number of nitrogens with one attached hydrogen (secondary N) is 1. The molecule has 0 atom stereocenters. The molecule has 0 radical (unpaired) electrons. The van der Waals surface area contributed by atoms with Gasteiger partial charge in [-0.2, -0.15) is 0 Å². The van der Waals surface area contributed by atoms with Crippen LogP contribution in [0.1, 0.15) is 0 Å². The van der Waals surface area contributed by atoms with E-state index in [4.69, 9.17) is 11.5 Å². The van der Waals surface area contributed by atoms with E-state index >= 15 is 0 Å². The summed E-state index contributed by atoms with van der Waals surface area (Å²) in [7, 11) is -0.151. The van der Waals surface area contributed by atoms with Crippen molar-refractivity contribution in [1.82, 2.24) is 4.31 Å². The minimum Gasteiger partial charge on any atom is -0.397 e. The first-order valence-corrected chi connectivity index (χ1v) is 6.73. The highest BCUT2D eigenvalue weighted by Crippen LogP contribution is 2.19. The van der Waals surface area contributed by atoms with Crippen LogP contribution in [0, 0.1) is 0 Å². The van der Waals surface area contributed by atoms with E-state index in [0.717, 1.165) is 5.69 Å². The molecule has 7 heteroatoms. The quantitative estimate of drug-likeness (QED) is 0.653. The van der Waals surface area contributed by atoms with E-state index in [2.05, 4.69) is 5.32 Å². The van der Waals surface area contributed by atoms with Crippen molar-refractivity contribution in [2.45, 2.75) is 0 Å². The Kier molecular flexibility index (Phi) is 4.19. The van der Waals surface area contributed by atoms with Crippen molar-refractivity contribution in [2.24, 2.45) is 0 Å². The predicted octanol–water partition coefficient (Wildman–Crippen LogP) is 0.154. The Balaban J connectivity index is 2.55. The summed E-state index contributed by atoms with van der Waals surface area (Å²) in [6.45, 7) is 0.323. The first-order chi connectivity index (χ1) is 7.83. The normalized spacial score (nSPS) is 11.7. The second-order valence-electron chi connectivity index (χ2n) is 3.87. The van der Waals surface area contributed by atoms with Crippen molar-refractivity contribution in [3.8, 4) is 0 Å². The second-order valence-corrected chi connectivity index (χ2v) is 6.17. The fourth-order valence-corrected chi connectivity index (χ4v) is 1.92. The molecule has 96 valence electrons. The molecule has 0 fully saturated rings. The number of hydrogen-bond acceptors (Lipinski definition) is 5. The van der Waals surface area contributed by atoms with Crippen LogP contribution in [0.3, 0.4) is 0 Å². The molecule has 0 bridgehead atoms. The fraction of sp³-hybridized carbons (Fsp3) is 0.400. The Bertz CT molecular complexity index is 485. The lowest BCUT2D eigenvalue weighted by Crippen LogP contribution is -2.28. The SMILES string of the molecule is CN(C)S(=O)(=O)CCNc1ccc(N)c(N)c1. The fourth-order valence-electron chi connectivity index (χ4n) is 1.19. The second kappa shape index (κ2) is 5.24. The van der Waals surface area contributed by atoms with Crippen LogP contribution in [-0.2, 0) is 10.0 Å². The first kappa shape index (κ1) is 13.6. The summed E-state index contributed by atoms with van der Waals surface area (Å²) in [5, 5.41) is 2.98. The van der Waals surface area contributed by atoms with Crippen LogP contribution in [0.25, 0.3) is 0 Å². The van der Waals surface area contributed by atoms with Gasteiger partial charge in [0.15, 0.2) is 0 Å². The maximum absolute atomic E-state index is 11.5. The molecule has 0 aromatic heterocycles. The Morgan fingerprint density at radius 1 is 1.24 bits per heavy atom. The smallest absolute Gasteiger partial charge is 0.215 e. The Morgan fingerprint density at radius 2 is 1.88 bits per heavy atom. The molecule has 1 rings (SSSR count). The molecule has 17 heavy (non-hydrogen) atoms. The van der Waals surface area contributed by atoms with Crippen LogP contribution in [-0.4, -0.2) is 39.1 Å². The Hall–Kier alpha value is -1.47. The van der Waals surface area contributed by atoms with E-state index in [9.17, 15) is 8.42 Å². The molecule has 0 saturated carbocycles. The summed E-state index contributed by atoms with van der Waals surface area (Å²) in [6, 6.07) is 5.11. The van der Waals surface area contributed by atoms with E-state index in [1.54, 1.807) is 18.2 Å². The molecule has 0 heterocycles. The number of nitrogen functional groups attached to an aromatic ring is 2. The van der Waals surface area contributed by atoms with Gasteiger partial charge in [-0.25, -0.2) is 12.7 Å².